The van der Waals surface area contributed by atoms with Gasteiger partial charge in [-0.05, 0) is 12.0 Å². The van der Waals surface area contributed by atoms with Crippen LogP contribution in [-0.2, 0) is 20.8 Å². The van der Waals surface area contributed by atoms with E-state index in [2.05, 4.69) is 5.32 Å². The zero-order chi connectivity index (χ0) is 15.8. The summed E-state index contributed by atoms with van der Waals surface area (Å²) in [6, 6.07) is 6.90. The second-order valence-corrected chi connectivity index (χ2v) is 4.70. The molecule has 0 heterocycles. The highest BCUT2D eigenvalue weighted by molar-refractivity contribution is 5.87. The van der Waals surface area contributed by atoms with Gasteiger partial charge in [-0.15, -0.1) is 0 Å². The largest absolute Gasteiger partial charge is 0.480 e. The molecular formula is C14H19N3O4. The molecule has 0 aliphatic carbocycles. The molecule has 1 aromatic carbocycles. The smallest absolute Gasteiger partial charge is 0.326 e. The summed E-state index contributed by atoms with van der Waals surface area (Å²) in [4.78, 5) is 33.6. The third-order valence-corrected chi connectivity index (χ3v) is 2.94. The van der Waals surface area contributed by atoms with Crippen molar-refractivity contribution in [3.05, 3.63) is 35.9 Å². The first-order chi connectivity index (χ1) is 9.90. The number of carbonyl (C=O) groups is 3. The van der Waals surface area contributed by atoms with Crippen LogP contribution in [0.3, 0.4) is 0 Å². The highest BCUT2D eigenvalue weighted by Gasteiger charge is 2.23. The van der Waals surface area contributed by atoms with Gasteiger partial charge in [-0.3, -0.25) is 9.59 Å². The predicted molar refractivity (Wildman–Crippen MR) is 76.1 cm³/mol. The molecule has 21 heavy (non-hydrogen) atoms. The number of hydrogen-bond acceptors (Lipinski definition) is 4. The van der Waals surface area contributed by atoms with E-state index in [1.807, 2.05) is 6.07 Å². The molecule has 0 aliphatic rings. The number of carboxylic acids is 1. The number of primary amides is 1. The normalized spacial score (nSPS) is 13.2. The van der Waals surface area contributed by atoms with Crippen LogP contribution in [0, 0.1) is 0 Å². The van der Waals surface area contributed by atoms with E-state index in [-0.39, 0.29) is 19.3 Å². The molecule has 1 rings (SSSR count). The Bertz CT molecular complexity index is 504. The Hall–Kier alpha value is -2.41. The first kappa shape index (κ1) is 16.6. The molecule has 0 unspecified atom stereocenters. The number of hydrogen-bond donors (Lipinski definition) is 4. The molecule has 0 saturated heterocycles. The van der Waals surface area contributed by atoms with Gasteiger partial charge in [-0.1, -0.05) is 30.3 Å². The molecular weight excluding hydrogens is 274 g/mol. The van der Waals surface area contributed by atoms with Crippen molar-refractivity contribution in [1.82, 2.24) is 5.32 Å². The molecule has 0 fully saturated rings. The number of benzene rings is 1. The minimum absolute atomic E-state index is 0.0228. The summed E-state index contributed by atoms with van der Waals surface area (Å²) in [6.45, 7) is 0. The van der Waals surface area contributed by atoms with E-state index in [1.165, 1.54) is 0 Å². The van der Waals surface area contributed by atoms with Crippen LogP contribution in [0.4, 0.5) is 0 Å². The van der Waals surface area contributed by atoms with Gasteiger partial charge in [0.2, 0.25) is 11.8 Å². The van der Waals surface area contributed by atoms with E-state index in [9.17, 15) is 14.4 Å². The van der Waals surface area contributed by atoms with Crippen LogP contribution in [0.25, 0.3) is 0 Å². The van der Waals surface area contributed by atoms with Gasteiger partial charge >= 0.3 is 5.97 Å². The maximum Gasteiger partial charge on any atom is 0.326 e. The summed E-state index contributed by atoms with van der Waals surface area (Å²) in [5, 5.41) is 11.5. The number of nitrogens with one attached hydrogen (secondary N) is 1. The maximum absolute atomic E-state index is 11.8. The molecule has 2 amide bonds. The zero-order valence-corrected chi connectivity index (χ0v) is 11.5. The fraction of sp³-hybridized carbons (Fsp3) is 0.357. The maximum atomic E-state index is 11.8. The molecule has 0 spiro atoms. The van der Waals surface area contributed by atoms with Crippen LogP contribution in [0.5, 0.6) is 0 Å². The molecule has 2 atom stereocenters. The van der Waals surface area contributed by atoms with Crippen LogP contribution in [0.2, 0.25) is 0 Å². The van der Waals surface area contributed by atoms with Crippen LogP contribution in [0.15, 0.2) is 30.3 Å². The average molecular weight is 293 g/mol. The van der Waals surface area contributed by atoms with Crippen LogP contribution >= 0.6 is 0 Å². The first-order valence-electron chi connectivity index (χ1n) is 6.51. The SMILES string of the molecule is NC(=O)CC[C@H](N)C(=O)N[C@@H](Cc1ccccc1)C(=O)O. The Balaban J connectivity index is 2.60. The van der Waals surface area contributed by atoms with Crippen molar-refractivity contribution in [2.24, 2.45) is 11.5 Å². The Morgan fingerprint density at radius 3 is 2.33 bits per heavy atom. The number of rotatable bonds is 8. The quantitative estimate of drug-likeness (QED) is 0.507. The summed E-state index contributed by atoms with van der Waals surface area (Å²) in [5.74, 6) is -2.31. The van der Waals surface area contributed by atoms with Crippen molar-refractivity contribution in [2.75, 3.05) is 0 Å². The highest BCUT2D eigenvalue weighted by atomic mass is 16.4. The Labute approximate surface area is 122 Å². The Morgan fingerprint density at radius 2 is 1.81 bits per heavy atom. The monoisotopic (exact) mass is 293 g/mol. The Morgan fingerprint density at radius 1 is 1.19 bits per heavy atom. The molecule has 6 N–H and O–H groups in total. The third-order valence-electron chi connectivity index (χ3n) is 2.94. The fourth-order valence-electron chi connectivity index (χ4n) is 1.76. The van der Waals surface area contributed by atoms with E-state index < -0.39 is 29.9 Å². The second-order valence-electron chi connectivity index (χ2n) is 4.70. The van der Waals surface area contributed by atoms with Gasteiger partial charge in [0.1, 0.15) is 6.04 Å². The van der Waals surface area contributed by atoms with E-state index >= 15 is 0 Å². The van der Waals surface area contributed by atoms with Gasteiger partial charge in [0.15, 0.2) is 0 Å². The van der Waals surface area contributed by atoms with E-state index in [1.54, 1.807) is 24.3 Å². The molecule has 0 aromatic heterocycles. The Kier molecular flexibility index (Phi) is 6.35. The summed E-state index contributed by atoms with van der Waals surface area (Å²) in [5.41, 5.74) is 11.4. The van der Waals surface area contributed by atoms with Crippen LogP contribution in [-0.4, -0.2) is 35.0 Å². The van der Waals surface area contributed by atoms with Crippen molar-refractivity contribution >= 4 is 17.8 Å². The summed E-state index contributed by atoms with van der Waals surface area (Å²) in [6.07, 6.45) is 0.217. The number of amides is 2. The average Bonchev–Trinajstić information content (AvgIpc) is 2.44. The first-order valence-corrected chi connectivity index (χ1v) is 6.51. The molecule has 1 aromatic rings. The second kappa shape index (κ2) is 8.01. The fourth-order valence-corrected chi connectivity index (χ4v) is 1.76. The predicted octanol–water partition coefficient (Wildman–Crippen LogP) is -0.609. The number of carbonyl (C=O) groups excluding carboxylic acids is 2. The van der Waals surface area contributed by atoms with Gasteiger partial charge in [0, 0.05) is 12.8 Å². The minimum Gasteiger partial charge on any atom is -0.480 e. The zero-order valence-electron chi connectivity index (χ0n) is 11.5. The van der Waals surface area contributed by atoms with Crippen LogP contribution < -0.4 is 16.8 Å². The van der Waals surface area contributed by atoms with Gasteiger partial charge < -0.3 is 21.9 Å². The van der Waals surface area contributed by atoms with Gasteiger partial charge in [-0.25, -0.2) is 4.79 Å². The van der Waals surface area contributed by atoms with E-state index in [4.69, 9.17) is 16.6 Å². The summed E-state index contributed by atoms with van der Waals surface area (Å²) >= 11 is 0. The molecule has 0 radical (unpaired) electrons. The van der Waals surface area contributed by atoms with Crippen molar-refractivity contribution in [1.29, 1.82) is 0 Å². The summed E-state index contributed by atoms with van der Waals surface area (Å²) < 4.78 is 0. The molecule has 0 aliphatic heterocycles. The van der Waals surface area contributed by atoms with Crippen molar-refractivity contribution in [2.45, 2.75) is 31.3 Å². The summed E-state index contributed by atoms with van der Waals surface area (Å²) in [7, 11) is 0. The third kappa shape index (κ3) is 6.05. The molecule has 7 nitrogen and oxygen atoms in total. The molecule has 114 valence electrons. The number of aliphatic carboxylic acids is 1. The van der Waals surface area contributed by atoms with Crippen molar-refractivity contribution in [3.63, 3.8) is 0 Å². The molecule has 0 saturated carbocycles. The van der Waals surface area contributed by atoms with E-state index in [0.717, 1.165) is 5.56 Å². The molecule has 0 bridgehead atoms. The van der Waals surface area contributed by atoms with Crippen LogP contribution in [0.1, 0.15) is 18.4 Å². The topological polar surface area (TPSA) is 136 Å². The van der Waals surface area contributed by atoms with Crippen molar-refractivity contribution < 1.29 is 19.5 Å². The lowest BCUT2D eigenvalue weighted by atomic mass is 10.0. The number of nitrogens with two attached hydrogens (primary N) is 2. The minimum atomic E-state index is -1.14. The van der Waals surface area contributed by atoms with Gasteiger partial charge in [0.05, 0.1) is 6.04 Å². The lowest BCUT2D eigenvalue weighted by Crippen LogP contribution is -2.49. The van der Waals surface area contributed by atoms with Gasteiger partial charge in [-0.2, -0.15) is 0 Å². The lowest BCUT2D eigenvalue weighted by molar-refractivity contribution is -0.142. The number of carboxylic acid groups (broad SMARTS) is 1. The lowest BCUT2D eigenvalue weighted by Gasteiger charge is -2.17. The van der Waals surface area contributed by atoms with Gasteiger partial charge in [0.25, 0.3) is 0 Å². The standard InChI is InChI=1S/C14H19N3O4/c15-10(6-7-12(16)18)13(19)17-11(14(20)21)8-9-4-2-1-3-5-9/h1-5,10-11H,6-8,15H2,(H2,16,18)(H,17,19)(H,20,21)/t10-,11-/m0/s1. The van der Waals surface area contributed by atoms with Crippen molar-refractivity contribution in [3.8, 4) is 0 Å². The van der Waals surface area contributed by atoms with E-state index in [0.29, 0.717) is 0 Å². The molecule has 7 heteroatoms. The highest BCUT2D eigenvalue weighted by Crippen LogP contribution is 2.04.